The maximum absolute atomic E-state index is 9.82. The van der Waals surface area contributed by atoms with Crippen LogP contribution in [0.2, 0.25) is 0 Å². The highest BCUT2D eigenvalue weighted by molar-refractivity contribution is 9.11. The van der Waals surface area contributed by atoms with Crippen LogP contribution in [0.5, 0.6) is 5.75 Å². The van der Waals surface area contributed by atoms with Crippen LogP contribution < -0.4 is 9.80 Å². The van der Waals surface area contributed by atoms with Gasteiger partial charge in [-0.15, -0.1) is 0 Å². The minimum absolute atomic E-state index is 0.248. The molecule has 0 bridgehead atoms. The van der Waals surface area contributed by atoms with E-state index >= 15 is 0 Å². The van der Waals surface area contributed by atoms with Crippen molar-refractivity contribution in [1.82, 2.24) is 0 Å². The fourth-order valence-electron chi connectivity index (χ4n) is 2.66. The summed E-state index contributed by atoms with van der Waals surface area (Å²) < 4.78 is 1.43. The van der Waals surface area contributed by atoms with Crippen LogP contribution in [0.3, 0.4) is 0 Å². The average Bonchev–Trinajstić information content (AvgIpc) is 2.48. The fourth-order valence-corrected chi connectivity index (χ4v) is 3.94. The molecule has 0 fully saturated rings. The molecule has 110 valence electrons. The summed E-state index contributed by atoms with van der Waals surface area (Å²) in [5.41, 5.74) is 3.68. The zero-order chi connectivity index (χ0) is 15.0. The van der Waals surface area contributed by atoms with Crippen molar-refractivity contribution in [2.75, 3.05) is 29.9 Å². The lowest BCUT2D eigenvalue weighted by atomic mass is 10.1. The number of anilines is 2. The van der Waals surface area contributed by atoms with Gasteiger partial charge in [0.2, 0.25) is 0 Å². The number of nitrogens with zero attached hydrogens (tertiary/aromatic N) is 2. The number of phenols is 1. The van der Waals surface area contributed by atoms with E-state index in [9.17, 15) is 5.11 Å². The van der Waals surface area contributed by atoms with Crippen molar-refractivity contribution in [3.05, 3.63) is 50.9 Å². The van der Waals surface area contributed by atoms with Gasteiger partial charge in [0.05, 0.1) is 20.3 Å². The summed E-state index contributed by atoms with van der Waals surface area (Å²) in [5, 5.41) is 9.82. The Kier molecular flexibility index (Phi) is 4.13. The van der Waals surface area contributed by atoms with Crippen molar-refractivity contribution in [3.63, 3.8) is 0 Å². The maximum Gasteiger partial charge on any atom is 0.143 e. The molecular formula is C16H16Br2N2O. The first kappa shape index (κ1) is 14.7. The van der Waals surface area contributed by atoms with Crippen molar-refractivity contribution in [2.24, 2.45) is 0 Å². The molecule has 1 N–H and O–H groups in total. The van der Waals surface area contributed by atoms with Gasteiger partial charge in [-0.2, -0.15) is 0 Å². The molecule has 2 aromatic rings. The summed E-state index contributed by atoms with van der Waals surface area (Å²) in [7, 11) is 2.13. The Hall–Kier alpha value is -1.20. The highest BCUT2D eigenvalue weighted by Crippen LogP contribution is 2.36. The number of aromatic hydroxyl groups is 1. The van der Waals surface area contributed by atoms with E-state index in [2.05, 4.69) is 73.0 Å². The monoisotopic (exact) mass is 410 g/mol. The molecule has 0 radical (unpaired) electrons. The smallest absolute Gasteiger partial charge is 0.143 e. The molecule has 5 heteroatoms. The topological polar surface area (TPSA) is 26.7 Å². The van der Waals surface area contributed by atoms with E-state index in [0.717, 1.165) is 25.2 Å². The zero-order valence-corrected chi connectivity index (χ0v) is 14.9. The Bertz CT molecular complexity index is 652. The first-order chi connectivity index (χ1) is 10.1. The van der Waals surface area contributed by atoms with E-state index in [1.165, 1.54) is 11.4 Å². The second-order valence-corrected chi connectivity index (χ2v) is 6.95. The summed E-state index contributed by atoms with van der Waals surface area (Å²) in [5.74, 6) is 0.248. The molecule has 0 unspecified atom stereocenters. The van der Waals surface area contributed by atoms with Gasteiger partial charge >= 0.3 is 0 Å². The first-order valence-electron chi connectivity index (χ1n) is 6.78. The lowest BCUT2D eigenvalue weighted by molar-refractivity contribution is 0.468. The van der Waals surface area contributed by atoms with Crippen LogP contribution in [-0.4, -0.2) is 25.2 Å². The molecule has 3 nitrogen and oxygen atoms in total. The van der Waals surface area contributed by atoms with E-state index in [1.807, 2.05) is 12.1 Å². The Morgan fingerprint density at radius 3 is 2.33 bits per heavy atom. The van der Waals surface area contributed by atoms with Crippen LogP contribution in [0.1, 0.15) is 5.56 Å². The van der Waals surface area contributed by atoms with Crippen molar-refractivity contribution in [1.29, 1.82) is 0 Å². The molecule has 0 atom stereocenters. The third-order valence-electron chi connectivity index (χ3n) is 3.79. The number of rotatable bonds is 2. The van der Waals surface area contributed by atoms with Gasteiger partial charge in [0.25, 0.3) is 0 Å². The largest absolute Gasteiger partial charge is 0.506 e. The predicted octanol–water partition coefficient (Wildman–Crippen LogP) is 4.37. The van der Waals surface area contributed by atoms with Crippen molar-refractivity contribution >= 4 is 43.2 Å². The van der Waals surface area contributed by atoms with Crippen LogP contribution in [0.15, 0.2) is 45.3 Å². The molecule has 3 rings (SSSR count). The number of para-hydroxylation sites is 2. The van der Waals surface area contributed by atoms with Gasteiger partial charge in [-0.3, -0.25) is 0 Å². The maximum atomic E-state index is 9.82. The van der Waals surface area contributed by atoms with E-state index < -0.39 is 0 Å². The highest BCUT2D eigenvalue weighted by Gasteiger charge is 2.20. The molecule has 0 aliphatic carbocycles. The number of fused-ring (bicyclic) bond motifs is 1. The van der Waals surface area contributed by atoms with Gasteiger partial charge in [0, 0.05) is 26.7 Å². The highest BCUT2D eigenvalue weighted by atomic mass is 79.9. The van der Waals surface area contributed by atoms with Gasteiger partial charge in [-0.1, -0.05) is 12.1 Å². The number of likely N-dealkylation sites (N-methyl/N-ethyl adjacent to an activating group) is 1. The molecule has 1 aliphatic rings. The Balaban J connectivity index is 1.91. The van der Waals surface area contributed by atoms with E-state index in [0.29, 0.717) is 8.95 Å². The second kappa shape index (κ2) is 5.89. The molecule has 2 aromatic carbocycles. The standard InChI is InChI=1S/C16H16Br2N2O/c1-19-6-7-20(15-5-3-2-4-14(15)19)10-11-8-12(17)16(21)13(18)9-11/h2-5,8-9,21H,6-7,10H2,1H3. The zero-order valence-electron chi connectivity index (χ0n) is 11.7. The number of benzene rings is 2. The van der Waals surface area contributed by atoms with Crippen molar-refractivity contribution < 1.29 is 5.11 Å². The number of hydrogen-bond acceptors (Lipinski definition) is 3. The molecule has 0 aromatic heterocycles. The molecule has 1 heterocycles. The second-order valence-electron chi connectivity index (χ2n) is 5.24. The molecule has 0 amide bonds. The quantitative estimate of drug-likeness (QED) is 0.794. The molecule has 1 aliphatic heterocycles. The third kappa shape index (κ3) is 2.90. The van der Waals surface area contributed by atoms with Crippen molar-refractivity contribution in [3.8, 4) is 5.75 Å². The third-order valence-corrected chi connectivity index (χ3v) is 5.00. The molecule has 0 saturated carbocycles. The van der Waals surface area contributed by atoms with Crippen LogP contribution in [-0.2, 0) is 6.54 Å². The predicted molar refractivity (Wildman–Crippen MR) is 94.3 cm³/mol. The van der Waals surface area contributed by atoms with Gasteiger partial charge in [-0.05, 0) is 61.7 Å². The van der Waals surface area contributed by atoms with E-state index in [4.69, 9.17) is 0 Å². The lowest BCUT2D eigenvalue weighted by Crippen LogP contribution is -2.38. The van der Waals surface area contributed by atoms with E-state index in [1.54, 1.807) is 0 Å². The number of halogens is 2. The van der Waals surface area contributed by atoms with Crippen LogP contribution in [0.4, 0.5) is 11.4 Å². The summed E-state index contributed by atoms with van der Waals surface area (Å²) in [6, 6.07) is 12.4. The minimum Gasteiger partial charge on any atom is -0.506 e. The van der Waals surface area contributed by atoms with Gasteiger partial charge in [0.1, 0.15) is 5.75 Å². The Morgan fingerprint density at radius 2 is 1.67 bits per heavy atom. The Labute approximate surface area is 141 Å². The van der Waals surface area contributed by atoms with Crippen LogP contribution >= 0.6 is 31.9 Å². The molecular weight excluding hydrogens is 396 g/mol. The SMILES string of the molecule is CN1CCN(Cc2cc(Br)c(O)c(Br)c2)c2ccccc21. The van der Waals surface area contributed by atoms with Crippen LogP contribution in [0, 0.1) is 0 Å². The summed E-state index contributed by atoms with van der Waals surface area (Å²) >= 11 is 6.79. The van der Waals surface area contributed by atoms with E-state index in [-0.39, 0.29) is 5.75 Å². The van der Waals surface area contributed by atoms with Crippen LogP contribution in [0.25, 0.3) is 0 Å². The Morgan fingerprint density at radius 1 is 1.05 bits per heavy atom. The molecule has 0 spiro atoms. The van der Waals surface area contributed by atoms with Gasteiger partial charge in [-0.25, -0.2) is 0 Å². The number of phenolic OH excluding ortho intramolecular Hbond substituents is 1. The lowest BCUT2D eigenvalue weighted by Gasteiger charge is -2.37. The van der Waals surface area contributed by atoms with Gasteiger partial charge < -0.3 is 14.9 Å². The molecule has 0 saturated heterocycles. The fraction of sp³-hybridized carbons (Fsp3) is 0.250. The average molecular weight is 412 g/mol. The summed E-state index contributed by atoms with van der Waals surface area (Å²) in [4.78, 5) is 4.66. The summed E-state index contributed by atoms with van der Waals surface area (Å²) in [6.45, 7) is 2.82. The summed E-state index contributed by atoms with van der Waals surface area (Å²) in [6.07, 6.45) is 0. The van der Waals surface area contributed by atoms with Gasteiger partial charge in [0.15, 0.2) is 0 Å². The first-order valence-corrected chi connectivity index (χ1v) is 8.37. The molecule has 21 heavy (non-hydrogen) atoms. The normalized spacial score (nSPS) is 14.2. The number of hydrogen-bond donors (Lipinski definition) is 1. The van der Waals surface area contributed by atoms with Crippen molar-refractivity contribution in [2.45, 2.75) is 6.54 Å². The minimum atomic E-state index is 0.248.